The van der Waals surface area contributed by atoms with E-state index >= 15 is 0 Å². The standard InChI is InChI=1S/C6H14O24S6/c7-31(8,9)25-1-3(27-33(13,14)15)5(29-35(19,20)21)6(30-36(22,23)24)4(28-34(16,17)18)2-26-32(10,11)12/h3-6H,1-2H2,(H,7,8,9)(H,10,11,12)(H,13,14,15)(H,16,17,18)(H,19,20,21)(H,22,23,24)/t3-,4+,5-,6-/m1/s1. The fraction of sp³-hybridized carbons (Fsp3) is 1.00. The second-order valence-corrected chi connectivity index (χ2v) is 11.9. The lowest BCUT2D eigenvalue weighted by Crippen LogP contribution is -2.54. The van der Waals surface area contributed by atoms with Gasteiger partial charge in [0.25, 0.3) is 0 Å². The first-order valence-electron chi connectivity index (χ1n) is 7.43. The molecule has 0 aliphatic rings. The van der Waals surface area contributed by atoms with Crippen molar-refractivity contribution in [3.05, 3.63) is 0 Å². The van der Waals surface area contributed by atoms with Gasteiger partial charge in [0.2, 0.25) is 0 Å². The van der Waals surface area contributed by atoms with E-state index in [-0.39, 0.29) is 0 Å². The molecule has 0 radical (unpaired) electrons. The Kier molecular flexibility index (Phi) is 12.1. The Morgan fingerprint density at radius 2 is 0.611 bits per heavy atom. The molecule has 0 aliphatic heterocycles. The summed E-state index contributed by atoms with van der Waals surface area (Å²) in [6, 6.07) is 0. The lowest BCUT2D eigenvalue weighted by molar-refractivity contribution is -0.0871. The Hall–Kier alpha value is -0.780. The summed E-state index contributed by atoms with van der Waals surface area (Å²) in [5.74, 6) is 0. The quantitative estimate of drug-likeness (QED) is 0.0797. The summed E-state index contributed by atoms with van der Waals surface area (Å²) in [5.41, 5.74) is 0. The highest BCUT2D eigenvalue weighted by atomic mass is 32.3. The van der Waals surface area contributed by atoms with Gasteiger partial charge in [-0.3, -0.25) is 27.3 Å². The molecule has 24 nitrogen and oxygen atoms in total. The Morgan fingerprint density at radius 1 is 0.389 bits per heavy atom. The van der Waals surface area contributed by atoms with Crippen molar-refractivity contribution in [1.29, 1.82) is 0 Å². The molecular formula is C6H14O24S6. The molecule has 36 heavy (non-hydrogen) atoms. The fourth-order valence-electron chi connectivity index (χ4n) is 1.91. The number of hydrogen-bond acceptors (Lipinski definition) is 18. The van der Waals surface area contributed by atoms with Gasteiger partial charge >= 0.3 is 62.4 Å². The maximum atomic E-state index is 11.2. The fourth-order valence-corrected chi connectivity index (χ4v) is 4.51. The van der Waals surface area contributed by atoms with Crippen LogP contribution in [-0.2, 0) is 87.5 Å². The van der Waals surface area contributed by atoms with Crippen molar-refractivity contribution in [2.45, 2.75) is 24.4 Å². The molecule has 0 aromatic rings. The summed E-state index contributed by atoms with van der Waals surface area (Å²) in [6.45, 7) is -4.11. The van der Waals surface area contributed by atoms with Crippen molar-refractivity contribution >= 4 is 62.4 Å². The molecule has 0 bridgehead atoms. The molecule has 0 aromatic heterocycles. The summed E-state index contributed by atoms with van der Waals surface area (Å²) in [4.78, 5) is 0. The summed E-state index contributed by atoms with van der Waals surface area (Å²) < 4.78 is 207. The molecular weight excluding hydrogens is 648 g/mol. The van der Waals surface area contributed by atoms with Crippen molar-refractivity contribution in [2.24, 2.45) is 0 Å². The smallest absolute Gasteiger partial charge is 0.264 e. The van der Waals surface area contributed by atoms with E-state index in [2.05, 4.69) is 25.1 Å². The Bertz CT molecular complexity index is 1270. The molecule has 6 N–H and O–H groups in total. The third-order valence-electron chi connectivity index (χ3n) is 2.77. The highest BCUT2D eigenvalue weighted by Gasteiger charge is 2.47. The molecule has 0 aliphatic carbocycles. The van der Waals surface area contributed by atoms with Crippen LogP contribution in [0.2, 0.25) is 0 Å². The first-order chi connectivity index (χ1) is 15.6. The minimum Gasteiger partial charge on any atom is -0.264 e. The molecule has 0 saturated heterocycles. The molecule has 0 rings (SSSR count). The van der Waals surface area contributed by atoms with Crippen molar-refractivity contribution in [1.82, 2.24) is 0 Å². The van der Waals surface area contributed by atoms with Gasteiger partial charge in [-0.2, -0.15) is 50.5 Å². The van der Waals surface area contributed by atoms with Gasteiger partial charge in [-0.05, 0) is 0 Å². The molecule has 0 unspecified atom stereocenters. The van der Waals surface area contributed by atoms with E-state index in [1.165, 1.54) is 0 Å². The highest BCUT2D eigenvalue weighted by molar-refractivity contribution is 7.82. The van der Waals surface area contributed by atoms with Gasteiger partial charge in [-0.1, -0.05) is 0 Å². The summed E-state index contributed by atoms with van der Waals surface area (Å²) in [6.07, 6.45) is -13.2. The van der Waals surface area contributed by atoms with Crippen LogP contribution < -0.4 is 0 Å². The minimum absolute atomic E-state index is 2.05. The maximum Gasteiger partial charge on any atom is 0.397 e. The SMILES string of the molecule is O=S(=O)(O)OC[C@H](OS(=O)(=O)O)[C@@H](OS(=O)(=O)O)[C@H](OS(=O)(=O)O)[C@@H](COS(=O)(=O)O)OS(=O)(=O)O. The largest absolute Gasteiger partial charge is 0.397 e. The van der Waals surface area contributed by atoms with E-state index in [0.717, 1.165) is 0 Å². The summed E-state index contributed by atoms with van der Waals surface area (Å²) in [5, 5.41) is 0. The topological polar surface area (TPSA) is 382 Å². The average molecular weight is 663 g/mol. The third kappa shape index (κ3) is 18.5. The lowest BCUT2D eigenvalue weighted by Gasteiger charge is -2.32. The molecule has 30 heteroatoms. The van der Waals surface area contributed by atoms with Crippen LogP contribution in [0.5, 0.6) is 0 Å². The van der Waals surface area contributed by atoms with Crippen LogP contribution in [0.3, 0.4) is 0 Å². The van der Waals surface area contributed by atoms with Crippen LogP contribution in [0.15, 0.2) is 0 Å². The highest BCUT2D eigenvalue weighted by Crippen LogP contribution is 2.24. The normalized spacial score (nSPS) is 17.8. The Labute approximate surface area is 202 Å². The zero-order valence-corrected chi connectivity index (χ0v) is 21.1. The second kappa shape index (κ2) is 12.4. The van der Waals surface area contributed by atoms with Gasteiger partial charge in [-0.25, -0.2) is 25.1 Å². The zero-order valence-electron chi connectivity index (χ0n) is 16.2. The molecule has 0 saturated carbocycles. The van der Waals surface area contributed by atoms with Crippen molar-refractivity contribution in [2.75, 3.05) is 13.2 Å². The summed E-state index contributed by atoms with van der Waals surface area (Å²) >= 11 is 0. The van der Waals surface area contributed by atoms with E-state index < -0.39 is 100 Å². The van der Waals surface area contributed by atoms with E-state index in [9.17, 15) is 50.5 Å². The van der Waals surface area contributed by atoms with Crippen LogP contribution in [0.4, 0.5) is 0 Å². The van der Waals surface area contributed by atoms with Crippen molar-refractivity contribution in [3.8, 4) is 0 Å². The number of hydrogen-bond donors (Lipinski definition) is 6. The lowest BCUT2D eigenvalue weighted by atomic mass is 10.0. The Morgan fingerprint density at radius 3 is 0.778 bits per heavy atom. The molecule has 0 amide bonds. The molecule has 0 spiro atoms. The van der Waals surface area contributed by atoms with E-state index in [1.54, 1.807) is 0 Å². The number of rotatable bonds is 17. The van der Waals surface area contributed by atoms with Gasteiger partial charge in [0.1, 0.15) is 24.4 Å². The van der Waals surface area contributed by atoms with E-state index in [1.807, 2.05) is 0 Å². The van der Waals surface area contributed by atoms with Crippen LogP contribution in [0.1, 0.15) is 0 Å². The van der Waals surface area contributed by atoms with Gasteiger partial charge < -0.3 is 0 Å². The first-order valence-corrected chi connectivity index (χ1v) is 15.6. The van der Waals surface area contributed by atoms with Crippen LogP contribution in [-0.4, -0.2) is 115 Å². The van der Waals surface area contributed by atoms with Crippen LogP contribution >= 0.6 is 0 Å². The van der Waals surface area contributed by atoms with Crippen molar-refractivity contribution < 1.29 is 103 Å². The van der Waals surface area contributed by atoms with Gasteiger partial charge in [-0.15, -0.1) is 0 Å². The Balaban J connectivity index is 7.12. The first kappa shape index (κ1) is 35.2. The van der Waals surface area contributed by atoms with E-state index in [4.69, 9.17) is 27.3 Å². The maximum absolute atomic E-state index is 11.2. The average Bonchev–Trinajstić information content (AvgIpc) is 2.53. The zero-order chi connectivity index (χ0) is 29.0. The molecule has 4 atom stereocenters. The molecule has 0 aromatic carbocycles. The third-order valence-corrected chi connectivity index (χ3v) is 5.55. The predicted octanol–water partition coefficient (Wildman–Crippen LogP) is -4.62. The minimum atomic E-state index is -6.06. The van der Waals surface area contributed by atoms with Gasteiger partial charge in [0, 0.05) is 0 Å². The molecule has 0 fully saturated rings. The predicted molar refractivity (Wildman–Crippen MR) is 101 cm³/mol. The van der Waals surface area contributed by atoms with Crippen molar-refractivity contribution in [3.63, 3.8) is 0 Å². The summed E-state index contributed by atoms with van der Waals surface area (Å²) in [7, 11) is -35.2. The molecule has 218 valence electrons. The van der Waals surface area contributed by atoms with Gasteiger partial charge in [0.15, 0.2) is 0 Å². The van der Waals surface area contributed by atoms with Crippen LogP contribution in [0.25, 0.3) is 0 Å². The second-order valence-electron chi connectivity index (χ2n) is 5.53. The van der Waals surface area contributed by atoms with E-state index in [0.29, 0.717) is 0 Å². The molecule has 0 heterocycles. The van der Waals surface area contributed by atoms with Crippen LogP contribution in [0, 0.1) is 0 Å². The van der Waals surface area contributed by atoms with Gasteiger partial charge in [0.05, 0.1) is 13.2 Å². The monoisotopic (exact) mass is 662 g/mol.